The minimum absolute atomic E-state index is 0.0214. The summed E-state index contributed by atoms with van der Waals surface area (Å²) in [5.74, 6) is -9.27. The number of amides is 12. The molecule has 2 aliphatic heterocycles. The molecular formula is C80H130N12O15. The molecule has 27 heteroatoms. The Morgan fingerprint density at radius 2 is 0.860 bits per heavy atom. The van der Waals surface area contributed by atoms with Gasteiger partial charge in [0, 0.05) is 88.2 Å². The van der Waals surface area contributed by atoms with E-state index in [9.17, 15) is 24.3 Å². The molecule has 0 aliphatic carbocycles. The molecule has 2 heterocycles. The van der Waals surface area contributed by atoms with Crippen LogP contribution in [-0.2, 0) is 79.8 Å². The highest BCUT2D eigenvalue weighted by Crippen LogP contribution is 2.25. The van der Waals surface area contributed by atoms with E-state index < -0.39 is 169 Å². The number of rotatable bonds is 20. The average Bonchev–Trinajstić information content (AvgIpc) is 0.814. The van der Waals surface area contributed by atoms with E-state index >= 15 is 38.4 Å². The third-order valence-corrected chi connectivity index (χ3v) is 19.8. The van der Waals surface area contributed by atoms with Gasteiger partial charge in [-0.25, -0.2) is 0 Å². The Morgan fingerprint density at radius 1 is 0.458 bits per heavy atom. The largest absolute Gasteiger partial charge is 0.391 e. The molecule has 2 fully saturated rings. The van der Waals surface area contributed by atoms with Gasteiger partial charge in [-0.1, -0.05) is 130 Å². The van der Waals surface area contributed by atoms with Crippen molar-refractivity contribution in [3.8, 4) is 0 Å². The zero-order valence-electron chi connectivity index (χ0n) is 68.0. The predicted octanol–water partition coefficient (Wildman–Crippen LogP) is 5.08. The number of hydrogen-bond donors (Lipinski definition) is 5. The van der Waals surface area contributed by atoms with E-state index in [-0.39, 0.29) is 88.2 Å². The van der Waals surface area contributed by atoms with Crippen LogP contribution in [0.5, 0.6) is 0 Å². The van der Waals surface area contributed by atoms with Gasteiger partial charge in [0.05, 0.1) is 37.9 Å². The quantitative estimate of drug-likeness (QED) is 0.115. The summed E-state index contributed by atoms with van der Waals surface area (Å²) in [5.41, 5.74) is 0.415. The molecule has 0 saturated carbocycles. The zero-order valence-corrected chi connectivity index (χ0v) is 68.0. The van der Waals surface area contributed by atoms with Gasteiger partial charge in [-0.2, -0.15) is 0 Å². The van der Waals surface area contributed by atoms with Gasteiger partial charge in [0.1, 0.15) is 60.4 Å². The van der Waals surface area contributed by atoms with Gasteiger partial charge in [-0.3, -0.25) is 57.5 Å². The molecule has 2 saturated heterocycles. The lowest BCUT2D eigenvalue weighted by Gasteiger charge is -2.38. The molecule has 4 rings (SSSR count). The number of piperidine rings is 1. The number of nitrogens with one attached hydrogen (secondary N) is 4. The van der Waals surface area contributed by atoms with Crippen molar-refractivity contribution in [2.24, 2.45) is 29.6 Å². The number of carbonyl (C=O) groups is 12. The molecule has 2 aromatic carbocycles. The summed E-state index contributed by atoms with van der Waals surface area (Å²) in [6.45, 7) is 24.8. The van der Waals surface area contributed by atoms with E-state index in [0.29, 0.717) is 37.1 Å². The van der Waals surface area contributed by atoms with Gasteiger partial charge in [0.15, 0.2) is 0 Å². The summed E-state index contributed by atoms with van der Waals surface area (Å²) in [5, 5.41) is 22.0. The fraction of sp³-hybridized carbons (Fsp3) is 0.700. The second-order valence-corrected chi connectivity index (χ2v) is 32.5. The topological polar surface area (TPSA) is 318 Å². The SMILES string of the molecule is CC(C)C[C@H]1C(=O)N[C@@H](C(C)C)C(=O)N(C)[C@@H](Cc2ccccc2)C(=O)N(C)[C@@H](Cc2ccccc2)C(=O)N[C@@H](COC(C)(C)C)C(=O)N(C)[C@@H](CC(C)C)C(=O)N[C@@H](COC[C@@H](C)O)C(=O)N(C)[C@@H](CC(C)C)C(=O)N(C)[C@@H](CC(C)C)C(=O)N[C@H](C(=O)N2CCCCC2)CC(=O)N(C)CCCC(=O)N1C. The van der Waals surface area contributed by atoms with E-state index in [1.807, 2.05) is 61.5 Å². The maximum Gasteiger partial charge on any atom is 0.247 e. The van der Waals surface area contributed by atoms with Gasteiger partial charge >= 0.3 is 0 Å². The normalized spacial score (nSPS) is 24.6. The van der Waals surface area contributed by atoms with Crippen LogP contribution in [0.3, 0.4) is 0 Å². The molecule has 5 N–H and O–H groups in total. The summed E-state index contributed by atoms with van der Waals surface area (Å²) in [6, 6.07) is 4.60. The van der Waals surface area contributed by atoms with Crippen LogP contribution in [-0.4, -0.2) is 276 Å². The Bertz CT molecular complexity index is 3250. The average molecular weight is 1500 g/mol. The van der Waals surface area contributed by atoms with Crippen molar-refractivity contribution in [2.45, 2.75) is 246 Å². The molecule has 0 unspecified atom stereocenters. The van der Waals surface area contributed by atoms with E-state index in [0.717, 1.165) is 6.42 Å². The van der Waals surface area contributed by atoms with Crippen LogP contribution in [0.15, 0.2) is 60.7 Å². The number of ether oxygens (including phenoxy) is 2. The summed E-state index contributed by atoms with van der Waals surface area (Å²) in [7, 11) is 10.2. The highest BCUT2D eigenvalue weighted by atomic mass is 16.5. The van der Waals surface area contributed by atoms with Crippen LogP contribution in [0.2, 0.25) is 0 Å². The van der Waals surface area contributed by atoms with E-state index in [1.165, 1.54) is 90.6 Å². The Balaban J connectivity index is 2.00. The first-order valence-corrected chi connectivity index (χ1v) is 38.4. The molecular weight excluding hydrogens is 1370 g/mol. The molecule has 2 aromatic rings. The predicted molar refractivity (Wildman–Crippen MR) is 410 cm³/mol. The second kappa shape index (κ2) is 43.2. The molecule has 27 nitrogen and oxygen atoms in total. The number of likely N-dealkylation sites (N-methyl/N-ethyl adjacent to an activating group) is 6. The van der Waals surface area contributed by atoms with Gasteiger partial charge < -0.3 is 75.0 Å². The van der Waals surface area contributed by atoms with Crippen LogP contribution >= 0.6 is 0 Å². The molecule has 0 aromatic heterocycles. The Morgan fingerprint density at radius 3 is 1.34 bits per heavy atom. The van der Waals surface area contributed by atoms with Crippen molar-refractivity contribution in [3.63, 3.8) is 0 Å². The van der Waals surface area contributed by atoms with Crippen molar-refractivity contribution >= 4 is 70.9 Å². The minimum atomic E-state index is -1.55. The van der Waals surface area contributed by atoms with E-state index in [1.54, 1.807) is 94.1 Å². The lowest BCUT2D eigenvalue weighted by Crippen LogP contribution is -2.63. The van der Waals surface area contributed by atoms with Crippen molar-refractivity contribution < 1.29 is 72.1 Å². The number of aliphatic hydroxyl groups is 1. The Labute approximate surface area is 637 Å². The van der Waals surface area contributed by atoms with E-state index in [4.69, 9.17) is 9.47 Å². The van der Waals surface area contributed by atoms with Gasteiger partial charge in [-0.15, -0.1) is 0 Å². The third kappa shape index (κ3) is 28.5. The highest BCUT2D eigenvalue weighted by molar-refractivity contribution is 6.00. The standard InChI is InChI=1S/C80H130N12O15/c1-50(2)40-61-73(99)84-69(54(9)10)79(105)91(21)66(45-57-34-27-23-28-35-57)78(104)89(19)64(44-56-32-25-22-26-33-56)72(98)83-60(49-107-80(12,13)14)75(101)87(17)62(41-51(3)4)71(97)82-59(48-106-47-55(11)93)74(100)90(20)65(43-53(7)8)77(103)88(18)63(42-52(5)6)70(96)81-58(76(102)92-38-29-24-30-39-92)46-68(95)85(15)37-31-36-67(94)86(61)16/h22-23,25-28,32-35,50-55,58-66,69,93H,24,29-31,36-49H2,1-21H3,(H,81,96)(H,82,97)(H,83,98)(H,84,99)/t55-,58+,59+,60+,61+,62+,63+,64+,65+,66+,69+/m1/s1. The number of nitrogens with zero attached hydrogens (tertiary/aromatic N) is 8. The van der Waals surface area contributed by atoms with Crippen LogP contribution < -0.4 is 21.3 Å². The van der Waals surface area contributed by atoms with Crippen LogP contribution in [0.1, 0.15) is 172 Å². The summed E-state index contributed by atoms with van der Waals surface area (Å²) in [6.07, 6.45) is 1.11. The number of carbonyl (C=O) groups excluding carboxylic acids is 12. The van der Waals surface area contributed by atoms with Gasteiger partial charge in [-0.05, 0) is 120 Å². The molecule has 0 radical (unpaired) electrons. The lowest BCUT2D eigenvalue weighted by molar-refractivity contribution is -0.152. The summed E-state index contributed by atoms with van der Waals surface area (Å²) in [4.78, 5) is 192. The first-order chi connectivity index (χ1) is 50.1. The third-order valence-electron chi connectivity index (χ3n) is 19.8. The molecule has 0 spiro atoms. The molecule has 11 atom stereocenters. The first-order valence-electron chi connectivity index (χ1n) is 38.4. The molecule has 600 valence electrons. The van der Waals surface area contributed by atoms with Crippen molar-refractivity contribution in [3.05, 3.63) is 71.8 Å². The summed E-state index contributed by atoms with van der Waals surface area (Å²) >= 11 is 0. The molecule has 2 aliphatic rings. The van der Waals surface area contributed by atoms with E-state index in [2.05, 4.69) is 21.3 Å². The lowest BCUT2D eigenvalue weighted by atomic mass is 9.96. The molecule has 107 heavy (non-hydrogen) atoms. The monoisotopic (exact) mass is 1500 g/mol. The van der Waals surface area contributed by atoms with Crippen LogP contribution in [0.25, 0.3) is 0 Å². The van der Waals surface area contributed by atoms with Gasteiger partial charge in [0.2, 0.25) is 70.9 Å². The molecule has 12 amide bonds. The number of aliphatic hydroxyl groups excluding tert-OH is 1. The van der Waals surface area contributed by atoms with Crippen LogP contribution in [0.4, 0.5) is 0 Å². The number of benzene rings is 2. The van der Waals surface area contributed by atoms with Crippen molar-refractivity contribution in [1.29, 1.82) is 0 Å². The molecule has 0 bridgehead atoms. The second-order valence-electron chi connectivity index (χ2n) is 32.5. The fourth-order valence-electron chi connectivity index (χ4n) is 13.4. The fourth-order valence-corrected chi connectivity index (χ4v) is 13.4. The minimum Gasteiger partial charge on any atom is -0.391 e. The zero-order chi connectivity index (χ0) is 80.5. The van der Waals surface area contributed by atoms with Crippen molar-refractivity contribution in [2.75, 3.05) is 88.8 Å². The maximum absolute atomic E-state index is 15.7. The first kappa shape index (κ1) is 91.3. The summed E-state index contributed by atoms with van der Waals surface area (Å²) < 4.78 is 12.2. The highest BCUT2D eigenvalue weighted by Gasteiger charge is 2.44. The Hall–Kier alpha value is -8.04. The number of likely N-dealkylation sites (tertiary alicyclic amines) is 1. The van der Waals surface area contributed by atoms with Crippen molar-refractivity contribution in [1.82, 2.24) is 60.5 Å². The maximum atomic E-state index is 15.7. The number of hydrogen-bond acceptors (Lipinski definition) is 15. The van der Waals surface area contributed by atoms with Crippen LogP contribution in [0, 0.1) is 29.6 Å². The van der Waals surface area contributed by atoms with Gasteiger partial charge in [0.25, 0.3) is 0 Å². The smallest absolute Gasteiger partial charge is 0.247 e. The Kier molecular flexibility index (Phi) is 36.9.